The number of hydrogen-bond donors (Lipinski definition) is 3. The summed E-state index contributed by atoms with van der Waals surface area (Å²) in [4.78, 5) is 25.8. The molecule has 1 unspecified atom stereocenters. The molecule has 0 aliphatic carbocycles. The number of amides is 1. The lowest BCUT2D eigenvalue weighted by Gasteiger charge is -2.12. The van der Waals surface area contributed by atoms with Gasteiger partial charge in [0.2, 0.25) is 5.91 Å². The Labute approximate surface area is 122 Å². The molecule has 0 aliphatic heterocycles. The Morgan fingerprint density at radius 2 is 2.05 bits per heavy atom. The van der Waals surface area contributed by atoms with Crippen molar-refractivity contribution in [2.45, 2.75) is 25.3 Å². The number of phenolic OH excluding ortho intramolecular Hbond substituents is 1. The Hall–Kier alpha value is -2.35. The molecule has 8 heteroatoms. The van der Waals surface area contributed by atoms with Gasteiger partial charge >= 0.3 is 0 Å². The van der Waals surface area contributed by atoms with E-state index in [0.29, 0.717) is 25.8 Å². The molecule has 0 aromatic heterocycles. The van der Waals surface area contributed by atoms with Gasteiger partial charge in [0.05, 0.1) is 12.6 Å². The molecule has 0 saturated heterocycles. The zero-order valence-corrected chi connectivity index (χ0v) is 11.5. The molecule has 1 rings (SSSR count). The van der Waals surface area contributed by atoms with E-state index in [4.69, 9.17) is 10.8 Å². The number of unbranched alkanes of at least 4 members (excludes halogenated alkanes) is 1. The standard InChI is InChI=1S/C13H19N3O5/c14-12(9-10-3-5-11(17)6-4-10)13(18)15-7-1-2-8-21-16(19)20/h3-6,12,17H,1-2,7-9,14H2,(H,15,18). The van der Waals surface area contributed by atoms with Crippen LogP contribution in [0.3, 0.4) is 0 Å². The van der Waals surface area contributed by atoms with Crippen LogP contribution in [0.25, 0.3) is 0 Å². The van der Waals surface area contributed by atoms with Gasteiger partial charge in [0.15, 0.2) is 0 Å². The van der Waals surface area contributed by atoms with Crippen LogP contribution in [-0.2, 0) is 16.1 Å². The molecule has 21 heavy (non-hydrogen) atoms. The predicted octanol–water partition coefficient (Wildman–Crippen LogP) is 0.367. The average Bonchev–Trinajstić information content (AvgIpc) is 2.44. The fraction of sp³-hybridized carbons (Fsp3) is 0.462. The summed E-state index contributed by atoms with van der Waals surface area (Å²) in [6.07, 6.45) is 1.43. The molecule has 0 aliphatic rings. The molecule has 4 N–H and O–H groups in total. The van der Waals surface area contributed by atoms with Crippen LogP contribution in [-0.4, -0.2) is 35.3 Å². The number of phenols is 1. The Morgan fingerprint density at radius 3 is 2.67 bits per heavy atom. The van der Waals surface area contributed by atoms with E-state index >= 15 is 0 Å². The van der Waals surface area contributed by atoms with E-state index in [1.165, 1.54) is 12.1 Å². The van der Waals surface area contributed by atoms with Gasteiger partial charge < -0.3 is 21.0 Å². The van der Waals surface area contributed by atoms with Crippen molar-refractivity contribution >= 4 is 5.91 Å². The first-order chi connectivity index (χ1) is 9.99. The maximum absolute atomic E-state index is 11.7. The Bertz CT molecular complexity index is 463. The van der Waals surface area contributed by atoms with E-state index in [0.717, 1.165) is 5.56 Å². The van der Waals surface area contributed by atoms with Gasteiger partial charge in [-0.2, -0.15) is 0 Å². The zero-order chi connectivity index (χ0) is 15.7. The smallest absolute Gasteiger partial charge is 0.294 e. The Kier molecular flexibility index (Phi) is 6.96. The van der Waals surface area contributed by atoms with Gasteiger partial charge in [0.25, 0.3) is 5.09 Å². The molecule has 8 nitrogen and oxygen atoms in total. The molecular formula is C13H19N3O5. The summed E-state index contributed by atoms with van der Waals surface area (Å²) in [7, 11) is 0. The number of aromatic hydroxyl groups is 1. The zero-order valence-electron chi connectivity index (χ0n) is 11.5. The number of carbonyl (C=O) groups excluding carboxylic acids is 1. The molecule has 1 atom stereocenters. The van der Waals surface area contributed by atoms with Crippen LogP contribution in [0, 0.1) is 10.1 Å². The molecule has 0 bridgehead atoms. The molecule has 0 saturated carbocycles. The number of benzene rings is 1. The van der Waals surface area contributed by atoms with Crippen molar-refractivity contribution in [3.63, 3.8) is 0 Å². The fourth-order valence-corrected chi connectivity index (χ4v) is 1.69. The predicted molar refractivity (Wildman–Crippen MR) is 75.0 cm³/mol. The van der Waals surface area contributed by atoms with E-state index in [1.54, 1.807) is 12.1 Å². The summed E-state index contributed by atoms with van der Waals surface area (Å²) >= 11 is 0. The molecular weight excluding hydrogens is 278 g/mol. The van der Waals surface area contributed by atoms with E-state index in [1.807, 2.05) is 0 Å². The molecule has 0 spiro atoms. The summed E-state index contributed by atoms with van der Waals surface area (Å²) < 4.78 is 0. The van der Waals surface area contributed by atoms with Crippen LogP contribution in [0.15, 0.2) is 24.3 Å². The lowest BCUT2D eigenvalue weighted by atomic mass is 10.1. The monoisotopic (exact) mass is 297 g/mol. The van der Waals surface area contributed by atoms with Gasteiger partial charge in [0.1, 0.15) is 5.75 Å². The highest BCUT2D eigenvalue weighted by molar-refractivity contribution is 5.81. The largest absolute Gasteiger partial charge is 0.508 e. The second-order valence-corrected chi connectivity index (χ2v) is 4.53. The summed E-state index contributed by atoms with van der Waals surface area (Å²) in [5, 5.41) is 20.9. The minimum absolute atomic E-state index is 0.0163. The Morgan fingerprint density at radius 1 is 1.38 bits per heavy atom. The summed E-state index contributed by atoms with van der Waals surface area (Å²) in [5.41, 5.74) is 6.64. The van der Waals surface area contributed by atoms with Crippen LogP contribution in [0.2, 0.25) is 0 Å². The van der Waals surface area contributed by atoms with Crippen LogP contribution >= 0.6 is 0 Å². The highest BCUT2D eigenvalue weighted by Crippen LogP contribution is 2.10. The van der Waals surface area contributed by atoms with E-state index in [2.05, 4.69) is 10.2 Å². The minimum Gasteiger partial charge on any atom is -0.508 e. The fourth-order valence-electron chi connectivity index (χ4n) is 1.69. The third-order valence-corrected chi connectivity index (χ3v) is 2.80. The quantitative estimate of drug-likeness (QED) is 0.343. The maximum atomic E-state index is 11.7. The van der Waals surface area contributed by atoms with Gasteiger partial charge in [-0.1, -0.05) is 12.1 Å². The normalized spacial score (nSPS) is 11.7. The minimum atomic E-state index is -0.841. The molecule has 1 amide bonds. The van der Waals surface area contributed by atoms with E-state index in [9.17, 15) is 14.9 Å². The van der Waals surface area contributed by atoms with Crippen molar-refractivity contribution in [3.8, 4) is 5.75 Å². The van der Waals surface area contributed by atoms with Gasteiger partial charge in [-0.25, -0.2) is 0 Å². The number of carbonyl (C=O) groups is 1. The van der Waals surface area contributed by atoms with Crippen molar-refractivity contribution in [1.29, 1.82) is 0 Å². The van der Waals surface area contributed by atoms with Crippen molar-refractivity contribution in [2.75, 3.05) is 13.2 Å². The first kappa shape index (κ1) is 16.7. The van der Waals surface area contributed by atoms with Gasteiger partial charge in [-0.15, -0.1) is 10.1 Å². The second kappa shape index (κ2) is 8.75. The molecule has 0 fully saturated rings. The maximum Gasteiger partial charge on any atom is 0.294 e. The molecule has 1 aromatic carbocycles. The lowest BCUT2D eigenvalue weighted by Crippen LogP contribution is -2.42. The number of nitrogens with one attached hydrogen (secondary N) is 1. The summed E-state index contributed by atoms with van der Waals surface area (Å²) in [5.74, 6) is -0.119. The van der Waals surface area contributed by atoms with Crippen molar-refractivity contribution < 1.29 is 19.8 Å². The van der Waals surface area contributed by atoms with Crippen molar-refractivity contribution in [3.05, 3.63) is 39.9 Å². The highest BCUT2D eigenvalue weighted by Gasteiger charge is 2.13. The molecule has 0 heterocycles. The second-order valence-electron chi connectivity index (χ2n) is 4.53. The van der Waals surface area contributed by atoms with Crippen LogP contribution < -0.4 is 11.1 Å². The molecule has 1 aromatic rings. The highest BCUT2D eigenvalue weighted by atomic mass is 16.9. The number of nitrogens with zero attached hydrogens (tertiary/aromatic N) is 1. The van der Waals surface area contributed by atoms with Crippen LogP contribution in [0.5, 0.6) is 5.75 Å². The Balaban J connectivity index is 2.19. The first-order valence-corrected chi connectivity index (χ1v) is 6.57. The molecule has 116 valence electrons. The third-order valence-electron chi connectivity index (χ3n) is 2.80. The summed E-state index contributed by atoms with van der Waals surface area (Å²) in [6, 6.07) is 5.81. The third kappa shape index (κ3) is 7.11. The topological polar surface area (TPSA) is 128 Å². The van der Waals surface area contributed by atoms with Crippen molar-refractivity contribution in [1.82, 2.24) is 5.32 Å². The van der Waals surface area contributed by atoms with E-state index < -0.39 is 11.1 Å². The SMILES string of the molecule is NC(Cc1ccc(O)cc1)C(=O)NCCCCO[N+](=O)[O-]. The summed E-state index contributed by atoms with van der Waals surface area (Å²) in [6.45, 7) is 0.408. The lowest BCUT2D eigenvalue weighted by molar-refractivity contribution is -0.757. The van der Waals surface area contributed by atoms with Gasteiger partial charge in [-0.3, -0.25) is 4.79 Å². The number of nitrogens with two attached hydrogens (primary N) is 1. The molecule has 0 radical (unpaired) electrons. The number of hydrogen-bond acceptors (Lipinski definition) is 6. The number of rotatable bonds is 9. The van der Waals surface area contributed by atoms with Gasteiger partial charge in [0, 0.05) is 6.54 Å². The van der Waals surface area contributed by atoms with Crippen LogP contribution in [0.4, 0.5) is 0 Å². The first-order valence-electron chi connectivity index (χ1n) is 6.57. The average molecular weight is 297 g/mol. The van der Waals surface area contributed by atoms with Crippen molar-refractivity contribution in [2.24, 2.45) is 5.73 Å². The van der Waals surface area contributed by atoms with Crippen LogP contribution in [0.1, 0.15) is 18.4 Å². The van der Waals surface area contributed by atoms with E-state index in [-0.39, 0.29) is 18.3 Å². The van der Waals surface area contributed by atoms with Gasteiger partial charge in [-0.05, 0) is 37.0 Å².